The van der Waals surface area contributed by atoms with E-state index in [1.54, 1.807) is 0 Å². The van der Waals surface area contributed by atoms with E-state index in [9.17, 15) is 0 Å². The molecule has 0 aromatic carbocycles. The van der Waals surface area contributed by atoms with Crippen molar-refractivity contribution in [2.45, 2.75) is 13.3 Å². The minimum atomic E-state index is 1.03. The molecular formula is C9H9IN2. The van der Waals surface area contributed by atoms with Gasteiger partial charge in [0.2, 0.25) is 0 Å². The van der Waals surface area contributed by atoms with E-state index < -0.39 is 0 Å². The molecular weight excluding hydrogens is 263 g/mol. The summed E-state index contributed by atoms with van der Waals surface area (Å²) in [5.74, 6) is 1.03. The van der Waals surface area contributed by atoms with Crippen LogP contribution in [0.1, 0.15) is 19.2 Å². The van der Waals surface area contributed by atoms with E-state index in [1.807, 2.05) is 6.20 Å². The molecule has 0 spiro atoms. The predicted octanol–water partition coefficient (Wildman–Crippen LogP) is 2.77. The van der Waals surface area contributed by atoms with Gasteiger partial charge in [-0.15, -0.1) is 0 Å². The smallest absolute Gasteiger partial charge is 0.137 e. The van der Waals surface area contributed by atoms with Crippen LogP contribution in [0.25, 0.3) is 12.3 Å². The third kappa shape index (κ3) is 1.33. The zero-order valence-corrected chi connectivity index (χ0v) is 8.95. The fraction of sp³-hybridized carbons (Fsp3) is 0.222. The summed E-state index contributed by atoms with van der Waals surface area (Å²) in [6.45, 7) is 2.13. The molecule has 62 valence electrons. The molecule has 12 heavy (non-hydrogen) atoms. The first-order valence-corrected chi connectivity index (χ1v) is 4.92. The molecule has 1 aromatic rings. The van der Waals surface area contributed by atoms with Gasteiger partial charge in [-0.3, -0.25) is 4.57 Å². The van der Waals surface area contributed by atoms with Gasteiger partial charge < -0.3 is 0 Å². The molecule has 0 radical (unpaired) electrons. The van der Waals surface area contributed by atoms with Gasteiger partial charge in [0.15, 0.2) is 0 Å². The number of nitrogens with zero attached hydrogens (tertiary/aromatic N) is 2. The van der Waals surface area contributed by atoms with Crippen LogP contribution in [-0.4, -0.2) is 9.55 Å². The summed E-state index contributed by atoms with van der Waals surface area (Å²) in [5.41, 5.74) is 1.35. The van der Waals surface area contributed by atoms with E-state index in [0.717, 1.165) is 15.9 Å². The van der Waals surface area contributed by atoms with E-state index in [2.05, 4.69) is 57.4 Å². The summed E-state index contributed by atoms with van der Waals surface area (Å²) < 4.78 is 3.25. The second-order valence-corrected chi connectivity index (χ2v) is 3.99. The molecule has 0 atom stereocenters. The molecule has 2 rings (SSSR count). The summed E-state index contributed by atoms with van der Waals surface area (Å²) >= 11 is 2.28. The number of halogens is 1. The Bertz CT molecular complexity index is 361. The van der Waals surface area contributed by atoms with Crippen LogP contribution in [0.3, 0.4) is 0 Å². The van der Waals surface area contributed by atoms with Gasteiger partial charge in [-0.25, -0.2) is 4.98 Å². The highest BCUT2D eigenvalue weighted by Gasteiger charge is 2.05. The summed E-state index contributed by atoms with van der Waals surface area (Å²) in [7, 11) is 0. The Balaban J connectivity index is 2.59. The maximum absolute atomic E-state index is 4.29. The average Bonchev–Trinajstić information content (AvgIpc) is 2.31. The molecule has 2 nitrogen and oxygen atoms in total. The van der Waals surface area contributed by atoms with E-state index in [4.69, 9.17) is 0 Å². The number of imidazole rings is 1. The topological polar surface area (TPSA) is 17.8 Å². The SMILES string of the molecule is CC1=Cc2ncc(I)n2C=CC1. The van der Waals surface area contributed by atoms with Crippen LogP contribution < -0.4 is 0 Å². The lowest BCUT2D eigenvalue weighted by Gasteiger charge is -1.96. The minimum absolute atomic E-state index is 1.03. The van der Waals surface area contributed by atoms with Gasteiger partial charge in [0.1, 0.15) is 9.53 Å². The van der Waals surface area contributed by atoms with Crippen molar-refractivity contribution in [1.82, 2.24) is 9.55 Å². The van der Waals surface area contributed by atoms with Gasteiger partial charge in [0.05, 0.1) is 6.20 Å². The zero-order chi connectivity index (χ0) is 8.55. The van der Waals surface area contributed by atoms with Crippen LogP contribution in [0.15, 0.2) is 17.8 Å². The van der Waals surface area contributed by atoms with Gasteiger partial charge in [-0.1, -0.05) is 11.6 Å². The van der Waals surface area contributed by atoms with Crippen LogP contribution in [0, 0.1) is 3.70 Å². The maximum atomic E-state index is 4.29. The molecule has 1 aliphatic rings. The first-order chi connectivity index (χ1) is 5.77. The Kier molecular flexibility index (Phi) is 2.04. The molecule has 1 aromatic heterocycles. The van der Waals surface area contributed by atoms with E-state index in [0.29, 0.717) is 0 Å². The van der Waals surface area contributed by atoms with Crippen molar-refractivity contribution in [1.29, 1.82) is 0 Å². The van der Waals surface area contributed by atoms with E-state index >= 15 is 0 Å². The van der Waals surface area contributed by atoms with Gasteiger partial charge in [0, 0.05) is 6.20 Å². The Morgan fingerprint density at radius 1 is 1.58 bits per heavy atom. The van der Waals surface area contributed by atoms with Crippen molar-refractivity contribution >= 4 is 34.9 Å². The third-order valence-corrected chi connectivity index (χ3v) is 2.65. The van der Waals surface area contributed by atoms with E-state index in [-0.39, 0.29) is 0 Å². The van der Waals surface area contributed by atoms with Crippen molar-refractivity contribution in [3.8, 4) is 0 Å². The van der Waals surface area contributed by atoms with Crippen molar-refractivity contribution in [3.63, 3.8) is 0 Å². The van der Waals surface area contributed by atoms with Crippen LogP contribution in [-0.2, 0) is 0 Å². The number of aromatic nitrogens is 2. The molecule has 0 bridgehead atoms. The lowest BCUT2D eigenvalue weighted by atomic mass is 10.2. The second-order valence-electron chi connectivity index (χ2n) is 2.89. The quantitative estimate of drug-likeness (QED) is 0.664. The summed E-state index contributed by atoms with van der Waals surface area (Å²) in [5, 5.41) is 0. The van der Waals surface area contributed by atoms with Crippen molar-refractivity contribution < 1.29 is 0 Å². The van der Waals surface area contributed by atoms with E-state index in [1.165, 1.54) is 5.57 Å². The lowest BCUT2D eigenvalue weighted by Crippen LogP contribution is -1.90. The predicted molar refractivity (Wildman–Crippen MR) is 58.5 cm³/mol. The fourth-order valence-electron chi connectivity index (χ4n) is 1.23. The second kappa shape index (κ2) is 3.05. The van der Waals surface area contributed by atoms with Crippen LogP contribution >= 0.6 is 22.6 Å². The molecule has 3 heteroatoms. The number of fused-ring (bicyclic) bond motifs is 1. The average molecular weight is 272 g/mol. The largest absolute Gasteiger partial charge is 0.295 e. The summed E-state index contributed by atoms with van der Waals surface area (Å²) in [6.07, 6.45) is 9.28. The standard InChI is InChI=1S/C9H9IN2/c1-7-3-2-4-12-8(10)6-11-9(12)5-7/h2,4-6H,3H2,1H3. The Morgan fingerprint density at radius 3 is 3.25 bits per heavy atom. The van der Waals surface area contributed by atoms with Crippen molar-refractivity contribution in [2.75, 3.05) is 0 Å². The Morgan fingerprint density at radius 2 is 2.42 bits per heavy atom. The molecule has 0 saturated carbocycles. The first-order valence-electron chi connectivity index (χ1n) is 3.84. The Labute approximate surface area is 85.1 Å². The van der Waals surface area contributed by atoms with Crippen LogP contribution in [0.5, 0.6) is 0 Å². The van der Waals surface area contributed by atoms with Gasteiger partial charge in [0.25, 0.3) is 0 Å². The number of hydrogen-bond acceptors (Lipinski definition) is 1. The number of rotatable bonds is 0. The van der Waals surface area contributed by atoms with Crippen LogP contribution in [0.4, 0.5) is 0 Å². The summed E-state index contributed by atoms with van der Waals surface area (Å²) in [4.78, 5) is 4.29. The third-order valence-electron chi connectivity index (χ3n) is 1.85. The molecule has 2 heterocycles. The van der Waals surface area contributed by atoms with Gasteiger partial charge in [-0.2, -0.15) is 0 Å². The highest BCUT2D eigenvalue weighted by Crippen LogP contribution is 2.17. The minimum Gasteiger partial charge on any atom is -0.295 e. The molecule has 0 aliphatic carbocycles. The van der Waals surface area contributed by atoms with Crippen molar-refractivity contribution in [3.05, 3.63) is 27.4 Å². The molecule has 0 amide bonds. The van der Waals surface area contributed by atoms with Gasteiger partial charge >= 0.3 is 0 Å². The monoisotopic (exact) mass is 272 g/mol. The first kappa shape index (κ1) is 8.04. The fourth-order valence-corrected chi connectivity index (χ4v) is 1.78. The number of allylic oxidation sites excluding steroid dienone is 2. The molecule has 0 unspecified atom stereocenters. The highest BCUT2D eigenvalue weighted by atomic mass is 127. The number of hydrogen-bond donors (Lipinski definition) is 0. The van der Waals surface area contributed by atoms with Crippen molar-refractivity contribution in [2.24, 2.45) is 0 Å². The normalized spacial score (nSPS) is 15.3. The maximum Gasteiger partial charge on any atom is 0.137 e. The van der Waals surface area contributed by atoms with Gasteiger partial charge in [-0.05, 0) is 42.0 Å². The lowest BCUT2D eigenvalue weighted by molar-refractivity contribution is 1.08. The Hall–Kier alpha value is -0.580. The molecule has 0 N–H and O–H groups in total. The molecule has 0 saturated heterocycles. The molecule has 0 fully saturated rings. The molecule has 1 aliphatic heterocycles. The zero-order valence-electron chi connectivity index (χ0n) is 6.79. The highest BCUT2D eigenvalue weighted by molar-refractivity contribution is 14.1. The summed E-state index contributed by atoms with van der Waals surface area (Å²) in [6, 6.07) is 0. The van der Waals surface area contributed by atoms with Crippen LogP contribution in [0.2, 0.25) is 0 Å².